The summed E-state index contributed by atoms with van der Waals surface area (Å²) in [6, 6.07) is 0. The molecule has 0 heterocycles. The topological polar surface area (TPSA) is 26.3 Å². The minimum Gasteiger partial charge on any atom is -0.468 e. The largest absolute Gasteiger partial charge is 0.468 e. The van der Waals surface area contributed by atoms with E-state index in [1.165, 1.54) is 0 Å². The lowest BCUT2D eigenvalue weighted by Gasteiger charge is -1.79. The maximum Gasteiger partial charge on any atom is 0.293 e. The zero-order valence-corrected chi connectivity index (χ0v) is 3.10. The van der Waals surface area contributed by atoms with Crippen LogP contribution in [0.15, 0.2) is 0 Å². The van der Waals surface area contributed by atoms with Crippen molar-refractivity contribution in [1.82, 2.24) is 0 Å². The third kappa shape index (κ3) is 3.47. The molecule has 0 atom stereocenters. The molecule has 2 nitrogen and oxygen atoms in total. The molecule has 0 saturated heterocycles. The summed E-state index contributed by atoms with van der Waals surface area (Å²) < 4.78 is 4.15. The van der Waals surface area contributed by atoms with E-state index >= 15 is 0 Å². The van der Waals surface area contributed by atoms with Crippen molar-refractivity contribution in [2.24, 2.45) is 0 Å². The Morgan fingerprint density at radius 3 is 2.80 bits per heavy atom. The van der Waals surface area contributed by atoms with E-state index in [-0.39, 0.29) is 1.43 Å². The van der Waals surface area contributed by atoms with E-state index in [2.05, 4.69) is 4.74 Å². The second-order valence-electron chi connectivity index (χ2n) is 0.552. The summed E-state index contributed by atoms with van der Waals surface area (Å²) in [5, 5.41) is 0. The van der Waals surface area contributed by atoms with E-state index in [0.717, 1.165) is 0 Å². The van der Waals surface area contributed by atoms with Crippen LogP contribution in [0.4, 0.5) is 0 Å². The molecular formula is C3H8O2. The summed E-state index contributed by atoms with van der Waals surface area (Å²) in [4.78, 5) is 9.18. The van der Waals surface area contributed by atoms with Gasteiger partial charge in [-0.25, -0.2) is 0 Å². The number of rotatable bonds is 2. The Morgan fingerprint density at radius 2 is 2.80 bits per heavy atom. The first-order valence-electron chi connectivity index (χ1n) is 1.47. The van der Waals surface area contributed by atoms with E-state index in [4.69, 9.17) is 0 Å². The lowest BCUT2D eigenvalue weighted by atomic mass is 10.9. The number of carbonyl (C=O) groups is 1. The van der Waals surface area contributed by atoms with Crippen LogP contribution in [0.5, 0.6) is 0 Å². The molecule has 0 aliphatic carbocycles. The molecule has 0 aromatic heterocycles. The van der Waals surface area contributed by atoms with Gasteiger partial charge in [0.25, 0.3) is 6.47 Å². The van der Waals surface area contributed by atoms with Crippen molar-refractivity contribution in [2.75, 3.05) is 6.61 Å². The van der Waals surface area contributed by atoms with Crippen LogP contribution in [0, 0.1) is 0 Å². The molecule has 0 radical (unpaired) electrons. The molecule has 0 aromatic rings. The van der Waals surface area contributed by atoms with Crippen molar-refractivity contribution >= 4 is 6.47 Å². The minimum atomic E-state index is 0. The molecule has 0 aliphatic rings. The molecule has 5 heavy (non-hydrogen) atoms. The molecule has 0 spiro atoms. The minimum absolute atomic E-state index is 0. The standard InChI is InChI=1S/C3H6O2.H2/c1-2-5-3-4;/h3H,2H2,1H3;1H/i;1+1. The molecule has 0 bridgehead atoms. The van der Waals surface area contributed by atoms with Gasteiger partial charge in [0.2, 0.25) is 0 Å². The van der Waals surface area contributed by atoms with Crippen LogP contribution in [-0.4, -0.2) is 13.1 Å². The quantitative estimate of drug-likeness (QED) is 0.446. The van der Waals surface area contributed by atoms with Gasteiger partial charge in [0, 0.05) is 1.43 Å². The normalized spacial score (nSPS) is 6.60. The van der Waals surface area contributed by atoms with E-state index < -0.39 is 0 Å². The highest BCUT2D eigenvalue weighted by molar-refractivity contribution is 5.36. The molecule has 2 heteroatoms. The molecule has 0 amide bonds. The third-order valence-electron chi connectivity index (χ3n) is 0.235. The molecule has 0 N–H and O–H groups in total. The predicted molar refractivity (Wildman–Crippen MR) is 19.8 cm³/mol. The van der Waals surface area contributed by atoms with E-state index in [1.807, 2.05) is 0 Å². The molecule has 0 fully saturated rings. The van der Waals surface area contributed by atoms with Crippen molar-refractivity contribution in [3.63, 3.8) is 0 Å². The van der Waals surface area contributed by atoms with Crippen molar-refractivity contribution in [2.45, 2.75) is 6.92 Å². The van der Waals surface area contributed by atoms with Crippen LogP contribution < -0.4 is 0 Å². The van der Waals surface area contributed by atoms with E-state index in [9.17, 15) is 4.79 Å². The summed E-state index contributed by atoms with van der Waals surface area (Å²) in [7, 11) is 0. The Balaban J connectivity index is 0. The van der Waals surface area contributed by atoms with Gasteiger partial charge >= 0.3 is 0 Å². The zero-order valence-electron chi connectivity index (χ0n) is 3.10. The van der Waals surface area contributed by atoms with Gasteiger partial charge in [-0.1, -0.05) is 0 Å². The molecular weight excluding hydrogens is 68.0 g/mol. The highest BCUT2D eigenvalue weighted by Crippen LogP contribution is 1.55. The van der Waals surface area contributed by atoms with Gasteiger partial charge in [0.1, 0.15) is 0 Å². The second-order valence-corrected chi connectivity index (χ2v) is 0.552. The Hall–Kier alpha value is -0.530. The van der Waals surface area contributed by atoms with Gasteiger partial charge in [0.05, 0.1) is 6.61 Å². The van der Waals surface area contributed by atoms with Gasteiger partial charge in [0.15, 0.2) is 0 Å². The number of ether oxygens (including phenoxy) is 1. The highest BCUT2D eigenvalue weighted by Gasteiger charge is 1.60. The monoisotopic (exact) mass is 77.1 g/mol. The fourth-order valence-electron chi connectivity index (χ4n) is 0.0680. The first-order valence-corrected chi connectivity index (χ1v) is 1.47. The zero-order chi connectivity index (χ0) is 4.12. The summed E-state index contributed by atoms with van der Waals surface area (Å²) in [5.41, 5.74) is 0. The van der Waals surface area contributed by atoms with Gasteiger partial charge in [-0.2, -0.15) is 0 Å². The fourth-order valence-corrected chi connectivity index (χ4v) is 0.0680. The van der Waals surface area contributed by atoms with Gasteiger partial charge in [-0.3, -0.25) is 4.79 Å². The Kier molecular flexibility index (Phi) is 3.10. The van der Waals surface area contributed by atoms with E-state index in [1.54, 1.807) is 6.92 Å². The first-order chi connectivity index (χ1) is 2.41. The molecule has 0 unspecified atom stereocenters. The van der Waals surface area contributed by atoms with Gasteiger partial charge in [-0.05, 0) is 6.92 Å². The van der Waals surface area contributed by atoms with Crippen molar-refractivity contribution < 1.29 is 11.0 Å². The van der Waals surface area contributed by atoms with Crippen LogP contribution >= 0.6 is 0 Å². The summed E-state index contributed by atoms with van der Waals surface area (Å²) >= 11 is 0. The average molecular weight is 77.1 g/mol. The van der Waals surface area contributed by atoms with Gasteiger partial charge < -0.3 is 4.74 Å². The van der Waals surface area contributed by atoms with Crippen molar-refractivity contribution in [1.29, 1.82) is 0 Å². The summed E-state index contributed by atoms with van der Waals surface area (Å²) in [6.07, 6.45) is 0. The molecule has 0 aromatic carbocycles. The molecule has 0 saturated carbocycles. The molecule has 32 valence electrons. The van der Waals surface area contributed by atoms with Crippen LogP contribution in [0.25, 0.3) is 0 Å². The average Bonchev–Trinajstić information content (AvgIpc) is 1.41. The predicted octanol–water partition coefficient (Wildman–Crippen LogP) is 0.425. The van der Waals surface area contributed by atoms with E-state index in [0.29, 0.717) is 13.1 Å². The maximum atomic E-state index is 9.18. The summed E-state index contributed by atoms with van der Waals surface area (Å²) in [5.74, 6) is 0. The van der Waals surface area contributed by atoms with Crippen LogP contribution in [0.1, 0.15) is 8.35 Å². The lowest BCUT2D eigenvalue weighted by Crippen LogP contribution is -1.80. The molecule has 0 rings (SSSR count). The third-order valence-corrected chi connectivity index (χ3v) is 0.235. The van der Waals surface area contributed by atoms with Crippen LogP contribution in [-0.2, 0) is 9.53 Å². The number of hydrogen-bond donors (Lipinski definition) is 0. The summed E-state index contributed by atoms with van der Waals surface area (Å²) in [6.45, 7) is 2.66. The van der Waals surface area contributed by atoms with Gasteiger partial charge in [-0.15, -0.1) is 0 Å². The molecule has 0 aliphatic heterocycles. The van der Waals surface area contributed by atoms with Crippen molar-refractivity contribution in [3.8, 4) is 0 Å². The first kappa shape index (κ1) is 4.47. The number of carbonyl (C=O) groups excluding carboxylic acids is 1. The fraction of sp³-hybridized carbons (Fsp3) is 0.667. The smallest absolute Gasteiger partial charge is 0.293 e. The number of hydrogen-bond acceptors (Lipinski definition) is 2. The van der Waals surface area contributed by atoms with Crippen LogP contribution in [0.3, 0.4) is 0 Å². The highest BCUT2D eigenvalue weighted by atomic mass is 16.5. The maximum absolute atomic E-state index is 9.18. The Labute approximate surface area is 32.2 Å². The lowest BCUT2D eigenvalue weighted by molar-refractivity contribution is -0.128. The van der Waals surface area contributed by atoms with Crippen LogP contribution in [0.2, 0.25) is 0 Å². The Morgan fingerprint density at radius 1 is 2.20 bits per heavy atom. The second kappa shape index (κ2) is 3.47. The van der Waals surface area contributed by atoms with Crippen molar-refractivity contribution in [3.05, 3.63) is 0 Å². The Bertz CT molecular complexity index is 30.0. The SMILES string of the molecule is CCOC=O.[2HH].